The molecule has 0 bridgehead atoms. The monoisotopic (exact) mass is 603 g/mol. The van der Waals surface area contributed by atoms with Crippen LogP contribution in [0.1, 0.15) is 19.4 Å². The van der Waals surface area contributed by atoms with E-state index >= 15 is 0 Å². The number of hydrogen-bond acceptors (Lipinski definition) is 7. The van der Waals surface area contributed by atoms with Crippen LogP contribution in [0.2, 0.25) is 0 Å². The minimum atomic E-state index is -0.499. The summed E-state index contributed by atoms with van der Waals surface area (Å²) in [6.45, 7) is 4.21. The molecule has 2 aliphatic heterocycles. The van der Waals surface area contributed by atoms with Crippen LogP contribution in [0, 0.1) is 5.92 Å². The number of rotatable bonds is 7. The van der Waals surface area contributed by atoms with Crippen molar-refractivity contribution in [2.75, 3.05) is 49.5 Å². The molecule has 3 atom stereocenters. The van der Waals surface area contributed by atoms with Gasteiger partial charge in [-0.05, 0) is 49.4 Å². The fraction of sp³-hybridized carbons (Fsp3) is 0.344. The van der Waals surface area contributed by atoms with Gasteiger partial charge < -0.3 is 45.1 Å². The first kappa shape index (κ1) is 30.5. The molecule has 0 fully saturated rings. The summed E-state index contributed by atoms with van der Waals surface area (Å²) in [5, 5.41) is 18.4. The van der Waals surface area contributed by atoms with Gasteiger partial charge in [0.05, 0.1) is 25.6 Å². The van der Waals surface area contributed by atoms with Crippen molar-refractivity contribution in [1.29, 1.82) is 0 Å². The molecule has 3 aromatic rings. The highest BCUT2D eigenvalue weighted by molar-refractivity contribution is 6.00. The number of carbonyl (C=O) groups is 3. The van der Waals surface area contributed by atoms with Gasteiger partial charge in [-0.2, -0.15) is 0 Å². The number of benzene rings is 3. The number of amides is 5. The number of anilines is 3. The van der Waals surface area contributed by atoms with Crippen LogP contribution in [-0.2, 0) is 11.2 Å². The van der Waals surface area contributed by atoms with Crippen LogP contribution in [0.15, 0.2) is 66.7 Å². The number of aliphatic hydroxyl groups is 1. The van der Waals surface area contributed by atoms with E-state index in [1.165, 1.54) is 4.90 Å². The Hall–Kier alpha value is -4.97. The van der Waals surface area contributed by atoms with Crippen molar-refractivity contribution >= 4 is 35.0 Å². The van der Waals surface area contributed by atoms with Gasteiger partial charge in [-0.25, -0.2) is 9.59 Å². The molecule has 0 radical (unpaired) electrons. The van der Waals surface area contributed by atoms with Gasteiger partial charge in [0.15, 0.2) is 11.5 Å². The molecule has 0 aromatic heterocycles. The summed E-state index contributed by atoms with van der Waals surface area (Å²) in [4.78, 5) is 42.4. The summed E-state index contributed by atoms with van der Waals surface area (Å²) in [6.07, 6.45) is -0.490. The van der Waals surface area contributed by atoms with Crippen LogP contribution in [0.5, 0.6) is 17.2 Å². The summed E-state index contributed by atoms with van der Waals surface area (Å²) in [7, 11) is 1.67. The Morgan fingerprint density at radius 2 is 1.64 bits per heavy atom. The number of carbonyl (C=O) groups excluding carboxylic acids is 3. The average molecular weight is 604 g/mol. The number of likely N-dealkylation sites (N-methyl/N-ethyl adjacent to an activating group) is 1. The maximum absolute atomic E-state index is 13.5. The molecule has 0 spiro atoms. The minimum absolute atomic E-state index is 0.00930. The second kappa shape index (κ2) is 13.6. The van der Waals surface area contributed by atoms with Crippen LogP contribution >= 0.6 is 0 Å². The zero-order valence-corrected chi connectivity index (χ0v) is 24.9. The van der Waals surface area contributed by atoms with Crippen LogP contribution in [0.3, 0.4) is 0 Å². The molecule has 0 saturated heterocycles. The smallest absolute Gasteiger partial charge is 0.323 e. The van der Waals surface area contributed by atoms with Gasteiger partial charge >= 0.3 is 12.1 Å². The van der Waals surface area contributed by atoms with E-state index < -0.39 is 18.2 Å². The third-order valence-corrected chi connectivity index (χ3v) is 7.63. The van der Waals surface area contributed by atoms with Gasteiger partial charge in [0, 0.05) is 48.2 Å². The number of nitrogens with one attached hydrogen (secondary N) is 3. The van der Waals surface area contributed by atoms with Crippen LogP contribution in [0.4, 0.5) is 26.7 Å². The Morgan fingerprint density at radius 1 is 0.955 bits per heavy atom. The Morgan fingerprint density at radius 3 is 2.39 bits per heavy atom. The third kappa shape index (κ3) is 7.32. The van der Waals surface area contributed by atoms with E-state index in [-0.39, 0.29) is 44.2 Å². The maximum Gasteiger partial charge on any atom is 0.323 e. The second-order valence-electron chi connectivity index (χ2n) is 11.0. The lowest BCUT2D eigenvalue weighted by molar-refractivity contribution is -0.134. The lowest BCUT2D eigenvalue weighted by atomic mass is 10.0. The van der Waals surface area contributed by atoms with E-state index in [9.17, 15) is 19.5 Å². The first-order chi connectivity index (χ1) is 21.2. The topological polar surface area (TPSA) is 142 Å². The molecule has 232 valence electrons. The normalized spacial score (nSPS) is 18.1. The van der Waals surface area contributed by atoms with Crippen molar-refractivity contribution in [2.45, 2.75) is 32.4 Å². The maximum atomic E-state index is 13.5. The number of aliphatic hydroxyl groups excluding tert-OH is 1. The average Bonchev–Trinajstić information content (AvgIpc) is 3.49. The number of para-hydroxylation sites is 1. The molecule has 5 amide bonds. The first-order valence-electron chi connectivity index (χ1n) is 14.4. The number of urea groups is 2. The summed E-state index contributed by atoms with van der Waals surface area (Å²) in [6, 6.07) is 18.2. The molecule has 3 aromatic carbocycles. The molecule has 0 aliphatic carbocycles. The number of nitrogens with zero attached hydrogens (tertiary/aromatic N) is 2. The molecule has 44 heavy (non-hydrogen) atoms. The van der Waals surface area contributed by atoms with Crippen molar-refractivity contribution in [3.8, 4) is 17.2 Å². The highest BCUT2D eigenvalue weighted by atomic mass is 16.7. The van der Waals surface area contributed by atoms with Gasteiger partial charge in [0.1, 0.15) is 11.9 Å². The SMILES string of the molecule is C[C@@H]1CN([C@@H](C)CO)C(=O)Cc2cc(NC(=O)Nc3ccccc3)ccc2O[C@@H]1CN(C)C(=O)Nc1ccc2c(c1)OCO2. The van der Waals surface area contributed by atoms with E-state index in [1.807, 2.05) is 25.1 Å². The summed E-state index contributed by atoms with van der Waals surface area (Å²) in [5.74, 6) is 1.28. The van der Waals surface area contributed by atoms with Crippen molar-refractivity contribution in [1.82, 2.24) is 9.80 Å². The van der Waals surface area contributed by atoms with Gasteiger partial charge in [-0.1, -0.05) is 25.1 Å². The minimum Gasteiger partial charge on any atom is -0.488 e. The quantitative estimate of drug-likeness (QED) is 0.314. The van der Waals surface area contributed by atoms with Gasteiger partial charge in [0.2, 0.25) is 12.7 Å². The van der Waals surface area contributed by atoms with Crippen LogP contribution in [-0.4, -0.2) is 78.6 Å². The predicted molar refractivity (Wildman–Crippen MR) is 165 cm³/mol. The standard InChI is InChI=1S/C32H37N5O7/c1-20-16-37(21(2)18-38)30(39)14-22-13-24(34-31(40)33-23-7-5-4-6-8-23)9-11-26(22)44-29(20)17-36(3)32(41)35-25-10-12-27-28(15-25)43-19-42-27/h4-13,15,20-21,29,38H,14,16-19H2,1-3H3,(H,35,41)(H2,33,34,40)/t20-,21+,29-/m1/s1. The zero-order valence-electron chi connectivity index (χ0n) is 24.9. The van der Waals surface area contributed by atoms with Crippen LogP contribution in [0.25, 0.3) is 0 Å². The van der Waals surface area contributed by atoms with E-state index in [2.05, 4.69) is 16.0 Å². The van der Waals surface area contributed by atoms with Crippen molar-refractivity contribution in [3.63, 3.8) is 0 Å². The molecule has 2 aliphatic rings. The Bertz CT molecular complexity index is 1500. The van der Waals surface area contributed by atoms with Crippen LogP contribution < -0.4 is 30.2 Å². The third-order valence-electron chi connectivity index (χ3n) is 7.63. The first-order valence-corrected chi connectivity index (χ1v) is 14.4. The predicted octanol–water partition coefficient (Wildman–Crippen LogP) is 4.37. The van der Waals surface area contributed by atoms with E-state index in [0.717, 1.165) is 0 Å². The van der Waals surface area contributed by atoms with Gasteiger partial charge in [0.25, 0.3) is 0 Å². The van der Waals surface area contributed by atoms with Gasteiger partial charge in [-0.15, -0.1) is 0 Å². The van der Waals surface area contributed by atoms with Crippen molar-refractivity contribution in [3.05, 3.63) is 72.3 Å². The Labute approximate surface area is 255 Å². The van der Waals surface area contributed by atoms with Crippen molar-refractivity contribution < 1.29 is 33.7 Å². The molecule has 0 unspecified atom stereocenters. The molecular formula is C32H37N5O7. The molecular weight excluding hydrogens is 566 g/mol. The van der Waals surface area contributed by atoms with Gasteiger partial charge in [-0.3, -0.25) is 4.79 Å². The van der Waals surface area contributed by atoms with E-state index in [0.29, 0.717) is 46.4 Å². The number of hydrogen-bond donors (Lipinski definition) is 4. The Balaban J connectivity index is 1.34. The lowest BCUT2D eigenvalue weighted by Gasteiger charge is -2.34. The Kier molecular flexibility index (Phi) is 9.39. The van der Waals surface area contributed by atoms with E-state index in [1.54, 1.807) is 67.4 Å². The molecule has 5 rings (SSSR count). The largest absolute Gasteiger partial charge is 0.488 e. The molecule has 2 heterocycles. The summed E-state index contributed by atoms with van der Waals surface area (Å²) < 4.78 is 17.2. The zero-order chi connectivity index (χ0) is 31.2. The number of fused-ring (bicyclic) bond motifs is 2. The highest BCUT2D eigenvalue weighted by Crippen LogP contribution is 2.34. The molecule has 12 nitrogen and oxygen atoms in total. The van der Waals surface area contributed by atoms with Crippen molar-refractivity contribution in [2.24, 2.45) is 5.92 Å². The molecule has 12 heteroatoms. The molecule has 0 saturated carbocycles. The second-order valence-corrected chi connectivity index (χ2v) is 11.0. The highest BCUT2D eigenvalue weighted by Gasteiger charge is 2.32. The molecule has 4 N–H and O–H groups in total. The fourth-order valence-corrected chi connectivity index (χ4v) is 5.09. The fourth-order valence-electron chi connectivity index (χ4n) is 5.09. The van der Waals surface area contributed by atoms with E-state index in [4.69, 9.17) is 14.2 Å². The summed E-state index contributed by atoms with van der Waals surface area (Å²) in [5.41, 5.74) is 2.27. The number of ether oxygens (including phenoxy) is 3. The summed E-state index contributed by atoms with van der Waals surface area (Å²) >= 11 is 0. The lowest BCUT2D eigenvalue weighted by Crippen LogP contribution is -2.48.